The summed E-state index contributed by atoms with van der Waals surface area (Å²) in [6.45, 7) is 0. The van der Waals surface area contributed by atoms with Crippen LogP contribution < -0.4 is 0 Å². The second-order valence-electron chi connectivity index (χ2n) is 3.97. The number of furan rings is 1. The molecule has 2 heterocycles. The van der Waals surface area contributed by atoms with Crippen LogP contribution in [0.4, 0.5) is 0 Å². The molecular weight excluding hydrogens is 289 g/mol. The lowest BCUT2D eigenvalue weighted by Gasteiger charge is -1.91. The predicted octanol–water partition coefficient (Wildman–Crippen LogP) is 5.50. The van der Waals surface area contributed by atoms with Crippen LogP contribution >= 0.6 is 34.5 Å². The van der Waals surface area contributed by atoms with Gasteiger partial charge in [-0.2, -0.15) is 0 Å². The van der Waals surface area contributed by atoms with Gasteiger partial charge < -0.3 is 4.42 Å². The molecule has 0 bridgehead atoms. The minimum absolute atomic E-state index is 0.536. The zero-order valence-electron chi connectivity index (χ0n) is 8.91. The fourth-order valence-corrected chi connectivity index (χ4v) is 3.46. The molecule has 0 fully saturated rings. The molecule has 0 unspecified atom stereocenters. The van der Waals surface area contributed by atoms with Crippen molar-refractivity contribution in [2.24, 2.45) is 0 Å². The highest BCUT2D eigenvalue weighted by Gasteiger charge is 2.14. The third kappa shape index (κ3) is 1.32. The van der Waals surface area contributed by atoms with Gasteiger partial charge in [-0.1, -0.05) is 35.3 Å². The van der Waals surface area contributed by atoms with Crippen molar-refractivity contribution in [3.63, 3.8) is 0 Å². The molecule has 4 rings (SSSR count). The second-order valence-corrected chi connectivity index (χ2v) is 5.99. The lowest BCUT2D eigenvalue weighted by atomic mass is 10.1. The Morgan fingerprint density at radius 1 is 1.11 bits per heavy atom. The normalized spacial score (nSPS) is 11.9. The Hall–Kier alpha value is -1.29. The molecule has 2 aromatic heterocycles. The Morgan fingerprint density at radius 2 is 2.00 bits per heavy atom. The molecule has 0 atom stereocenters. The van der Waals surface area contributed by atoms with Gasteiger partial charge in [-0.3, -0.25) is 0 Å². The molecule has 4 aromatic rings. The van der Waals surface area contributed by atoms with Crippen molar-refractivity contribution in [2.75, 3.05) is 0 Å². The molecule has 0 radical (unpaired) electrons. The van der Waals surface area contributed by atoms with E-state index < -0.39 is 0 Å². The molecule has 18 heavy (non-hydrogen) atoms. The predicted molar refractivity (Wildman–Crippen MR) is 76.9 cm³/mol. The Morgan fingerprint density at radius 3 is 2.89 bits per heavy atom. The highest BCUT2D eigenvalue weighted by molar-refractivity contribution is 7.22. The highest BCUT2D eigenvalue weighted by atomic mass is 35.5. The Kier molecular flexibility index (Phi) is 2.13. The van der Waals surface area contributed by atoms with E-state index in [1.165, 1.54) is 11.3 Å². The molecule has 0 N–H and O–H groups in total. The summed E-state index contributed by atoms with van der Waals surface area (Å²) in [5.74, 6) is 0. The standard InChI is InChI=1S/C13H5Cl2NOS/c14-7-3-1-2-6-10-8(17-12(6)7)4-5-9-11(10)16-13(15)18-9/h1-5H. The van der Waals surface area contributed by atoms with Crippen LogP contribution in [0.2, 0.25) is 9.49 Å². The first-order chi connectivity index (χ1) is 8.74. The molecule has 2 aromatic carbocycles. The maximum atomic E-state index is 6.15. The molecule has 88 valence electrons. The minimum Gasteiger partial charge on any atom is -0.454 e. The van der Waals surface area contributed by atoms with Gasteiger partial charge in [0, 0.05) is 5.39 Å². The van der Waals surface area contributed by atoms with Gasteiger partial charge in [0.1, 0.15) is 5.58 Å². The van der Waals surface area contributed by atoms with E-state index in [2.05, 4.69) is 4.98 Å². The van der Waals surface area contributed by atoms with E-state index in [-0.39, 0.29) is 0 Å². The van der Waals surface area contributed by atoms with Crippen molar-refractivity contribution < 1.29 is 4.42 Å². The molecule has 0 amide bonds. The van der Waals surface area contributed by atoms with Gasteiger partial charge in [-0.25, -0.2) is 4.98 Å². The first-order valence-electron chi connectivity index (χ1n) is 5.30. The highest BCUT2D eigenvalue weighted by Crippen LogP contribution is 2.39. The van der Waals surface area contributed by atoms with Gasteiger partial charge in [0.2, 0.25) is 0 Å². The van der Waals surface area contributed by atoms with Crippen LogP contribution in [0.5, 0.6) is 0 Å². The largest absolute Gasteiger partial charge is 0.454 e. The summed E-state index contributed by atoms with van der Waals surface area (Å²) < 4.78 is 7.38. The van der Waals surface area contributed by atoms with Crippen LogP contribution in [0.3, 0.4) is 0 Å². The van der Waals surface area contributed by atoms with Gasteiger partial charge in [0.25, 0.3) is 0 Å². The molecule has 0 saturated carbocycles. The van der Waals surface area contributed by atoms with E-state index in [0.717, 1.165) is 26.6 Å². The summed E-state index contributed by atoms with van der Waals surface area (Å²) in [5.41, 5.74) is 2.36. The van der Waals surface area contributed by atoms with Crippen molar-refractivity contribution in [1.29, 1.82) is 0 Å². The third-order valence-electron chi connectivity index (χ3n) is 2.94. The van der Waals surface area contributed by atoms with Crippen molar-refractivity contribution in [3.8, 4) is 0 Å². The van der Waals surface area contributed by atoms with E-state index in [1.54, 1.807) is 0 Å². The molecule has 0 saturated heterocycles. The average Bonchev–Trinajstić information content (AvgIpc) is 2.88. The third-order valence-corrected chi connectivity index (χ3v) is 4.37. The van der Waals surface area contributed by atoms with Gasteiger partial charge in [0.15, 0.2) is 10.0 Å². The molecule has 0 aliphatic carbocycles. The first-order valence-corrected chi connectivity index (χ1v) is 6.87. The number of halogens is 2. The van der Waals surface area contributed by atoms with Crippen molar-refractivity contribution in [2.45, 2.75) is 0 Å². The van der Waals surface area contributed by atoms with Crippen molar-refractivity contribution >= 4 is 66.7 Å². The van der Waals surface area contributed by atoms with Gasteiger partial charge in [-0.15, -0.1) is 11.3 Å². The van der Waals surface area contributed by atoms with Crippen LogP contribution in [0.1, 0.15) is 0 Å². The lowest BCUT2D eigenvalue weighted by Crippen LogP contribution is -1.71. The SMILES string of the molecule is Clc1nc2c(ccc3oc4c(Cl)cccc4c32)s1. The van der Waals surface area contributed by atoms with E-state index >= 15 is 0 Å². The zero-order valence-corrected chi connectivity index (χ0v) is 11.2. The summed E-state index contributed by atoms with van der Waals surface area (Å²) in [7, 11) is 0. The number of thiazole rings is 1. The van der Waals surface area contributed by atoms with E-state index in [9.17, 15) is 0 Å². The Balaban J connectivity index is 2.36. The van der Waals surface area contributed by atoms with Crippen LogP contribution in [0, 0.1) is 0 Å². The zero-order chi connectivity index (χ0) is 12.3. The average molecular weight is 294 g/mol. The maximum absolute atomic E-state index is 6.15. The first kappa shape index (κ1) is 10.6. The Labute approximate surface area is 116 Å². The number of hydrogen-bond donors (Lipinski definition) is 0. The summed E-state index contributed by atoms with van der Waals surface area (Å²) >= 11 is 13.6. The van der Waals surface area contributed by atoms with E-state index in [4.69, 9.17) is 27.6 Å². The topological polar surface area (TPSA) is 26.0 Å². The smallest absolute Gasteiger partial charge is 0.184 e. The number of nitrogens with zero attached hydrogens (tertiary/aromatic N) is 1. The second kappa shape index (κ2) is 3.60. The van der Waals surface area contributed by atoms with Crippen LogP contribution in [-0.4, -0.2) is 4.98 Å². The number of hydrogen-bond acceptors (Lipinski definition) is 3. The molecule has 0 aliphatic heterocycles. The molecular formula is C13H5Cl2NOS. The number of rotatable bonds is 0. The van der Waals surface area contributed by atoms with Gasteiger partial charge in [0.05, 0.1) is 20.6 Å². The number of aromatic nitrogens is 1. The summed E-state index contributed by atoms with van der Waals surface area (Å²) in [4.78, 5) is 4.37. The van der Waals surface area contributed by atoms with Crippen LogP contribution in [-0.2, 0) is 0 Å². The fraction of sp³-hybridized carbons (Fsp3) is 0. The summed E-state index contributed by atoms with van der Waals surface area (Å²) in [5, 5.41) is 2.57. The van der Waals surface area contributed by atoms with Crippen molar-refractivity contribution in [1.82, 2.24) is 4.98 Å². The molecule has 5 heteroatoms. The summed E-state index contributed by atoms with van der Waals surface area (Å²) in [6.07, 6.45) is 0. The molecule has 0 spiro atoms. The quantitative estimate of drug-likeness (QED) is 0.428. The van der Waals surface area contributed by atoms with Gasteiger partial charge in [-0.05, 0) is 18.2 Å². The lowest BCUT2D eigenvalue weighted by molar-refractivity contribution is 0.669. The maximum Gasteiger partial charge on any atom is 0.184 e. The molecule has 0 aliphatic rings. The fourth-order valence-electron chi connectivity index (χ4n) is 2.21. The number of para-hydroxylation sites is 1. The van der Waals surface area contributed by atoms with Crippen LogP contribution in [0.15, 0.2) is 34.7 Å². The monoisotopic (exact) mass is 293 g/mol. The van der Waals surface area contributed by atoms with Crippen molar-refractivity contribution in [3.05, 3.63) is 39.8 Å². The number of benzene rings is 2. The van der Waals surface area contributed by atoms with Crippen LogP contribution in [0.25, 0.3) is 32.2 Å². The van der Waals surface area contributed by atoms with E-state index in [0.29, 0.717) is 15.1 Å². The minimum atomic E-state index is 0.536. The summed E-state index contributed by atoms with van der Waals surface area (Å²) in [6, 6.07) is 9.61. The number of fused-ring (bicyclic) bond motifs is 5. The Bertz CT molecular complexity index is 909. The van der Waals surface area contributed by atoms with Gasteiger partial charge >= 0.3 is 0 Å². The molecule has 2 nitrogen and oxygen atoms in total. The van der Waals surface area contributed by atoms with E-state index in [1.807, 2.05) is 30.3 Å².